The monoisotopic (exact) mass is 251 g/mol. The van der Waals surface area contributed by atoms with Crippen LogP contribution < -0.4 is 11.1 Å². The minimum Gasteiger partial charge on any atom is -0.383 e. The lowest BCUT2D eigenvalue weighted by Crippen LogP contribution is -2.43. The van der Waals surface area contributed by atoms with Crippen molar-refractivity contribution >= 4 is 5.82 Å². The second kappa shape index (κ2) is 8.06. The SMILES string of the molecule is CCNC(Cc1cccnc1N)C(CC)OCC. The Balaban J connectivity index is 2.75. The Morgan fingerprint density at radius 3 is 2.72 bits per heavy atom. The predicted octanol–water partition coefficient (Wildman–Crippen LogP) is 2.00. The quantitative estimate of drug-likeness (QED) is 0.742. The number of nitrogens with one attached hydrogen (secondary N) is 1. The first-order valence-corrected chi connectivity index (χ1v) is 6.77. The molecule has 0 saturated carbocycles. The molecule has 0 saturated heterocycles. The van der Waals surface area contributed by atoms with Gasteiger partial charge in [0.15, 0.2) is 0 Å². The Hall–Kier alpha value is -1.13. The van der Waals surface area contributed by atoms with E-state index in [1.54, 1.807) is 6.20 Å². The van der Waals surface area contributed by atoms with Crippen LogP contribution in [0.3, 0.4) is 0 Å². The molecule has 4 heteroatoms. The number of ether oxygens (including phenoxy) is 1. The average molecular weight is 251 g/mol. The summed E-state index contributed by atoms with van der Waals surface area (Å²) < 4.78 is 5.79. The smallest absolute Gasteiger partial charge is 0.126 e. The molecule has 4 nitrogen and oxygen atoms in total. The van der Waals surface area contributed by atoms with Crippen LogP contribution in [0.2, 0.25) is 0 Å². The fourth-order valence-corrected chi connectivity index (χ4v) is 2.19. The Morgan fingerprint density at radius 1 is 1.39 bits per heavy atom. The van der Waals surface area contributed by atoms with Crippen LogP contribution >= 0.6 is 0 Å². The van der Waals surface area contributed by atoms with Gasteiger partial charge in [-0.2, -0.15) is 0 Å². The van der Waals surface area contributed by atoms with Gasteiger partial charge in [-0.1, -0.05) is 19.9 Å². The number of nitrogen functional groups attached to an aromatic ring is 1. The maximum atomic E-state index is 5.90. The molecule has 2 unspecified atom stereocenters. The summed E-state index contributed by atoms with van der Waals surface area (Å²) in [4.78, 5) is 4.13. The second-order valence-electron chi connectivity index (χ2n) is 4.32. The summed E-state index contributed by atoms with van der Waals surface area (Å²) >= 11 is 0. The van der Waals surface area contributed by atoms with Gasteiger partial charge in [0.1, 0.15) is 5.82 Å². The standard InChI is InChI=1S/C14H25N3O/c1-4-13(18-6-3)12(16-5-2)10-11-8-7-9-17-14(11)15/h7-9,12-13,16H,4-6,10H2,1-3H3,(H2,15,17). The van der Waals surface area contributed by atoms with Gasteiger partial charge in [0.05, 0.1) is 6.10 Å². The van der Waals surface area contributed by atoms with Crippen molar-refractivity contribution in [2.75, 3.05) is 18.9 Å². The van der Waals surface area contributed by atoms with E-state index in [0.717, 1.165) is 31.6 Å². The molecule has 0 fully saturated rings. The van der Waals surface area contributed by atoms with E-state index in [1.165, 1.54) is 0 Å². The molecule has 102 valence electrons. The van der Waals surface area contributed by atoms with Crippen molar-refractivity contribution in [2.45, 2.75) is 45.8 Å². The number of hydrogen-bond acceptors (Lipinski definition) is 4. The van der Waals surface area contributed by atoms with Crippen molar-refractivity contribution in [2.24, 2.45) is 0 Å². The lowest BCUT2D eigenvalue weighted by molar-refractivity contribution is 0.0324. The Labute approximate surface area is 110 Å². The third kappa shape index (κ3) is 4.27. The highest BCUT2D eigenvalue weighted by Gasteiger charge is 2.20. The maximum Gasteiger partial charge on any atom is 0.126 e. The molecule has 1 aromatic heterocycles. The third-order valence-electron chi connectivity index (χ3n) is 3.06. The molecule has 0 aliphatic carbocycles. The van der Waals surface area contributed by atoms with Crippen LogP contribution in [-0.2, 0) is 11.2 Å². The molecular formula is C14H25N3O. The fourth-order valence-electron chi connectivity index (χ4n) is 2.19. The largest absolute Gasteiger partial charge is 0.383 e. The summed E-state index contributed by atoms with van der Waals surface area (Å²) in [6.45, 7) is 7.96. The Kier molecular flexibility index (Phi) is 6.68. The van der Waals surface area contributed by atoms with E-state index in [4.69, 9.17) is 10.5 Å². The molecule has 3 N–H and O–H groups in total. The highest BCUT2D eigenvalue weighted by molar-refractivity contribution is 5.39. The summed E-state index contributed by atoms with van der Waals surface area (Å²) in [5, 5.41) is 3.49. The molecule has 0 spiro atoms. The molecule has 1 heterocycles. The minimum absolute atomic E-state index is 0.217. The van der Waals surface area contributed by atoms with E-state index < -0.39 is 0 Å². The number of likely N-dealkylation sites (N-methyl/N-ethyl adjacent to an activating group) is 1. The summed E-state index contributed by atoms with van der Waals surface area (Å²) in [5.74, 6) is 0.617. The third-order valence-corrected chi connectivity index (χ3v) is 3.06. The van der Waals surface area contributed by atoms with Gasteiger partial charge in [-0.3, -0.25) is 0 Å². The normalized spacial score (nSPS) is 14.4. The molecular weight excluding hydrogens is 226 g/mol. The first kappa shape index (κ1) is 14.9. The van der Waals surface area contributed by atoms with Crippen LogP contribution in [0, 0.1) is 0 Å². The number of nitrogens with two attached hydrogens (primary N) is 1. The lowest BCUT2D eigenvalue weighted by Gasteiger charge is -2.27. The van der Waals surface area contributed by atoms with Crippen LogP contribution in [0.25, 0.3) is 0 Å². The zero-order valence-electron chi connectivity index (χ0n) is 11.6. The predicted molar refractivity (Wildman–Crippen MR) is 75.5 cm³/mol. The number of anilines is 1. The number of nitrogens with zero attached hydrogens (tertiary/aromatic N) is 1. The molecule has 0 amide bonds. The fraction of sp³-hybridized carbons (Fsp3) is 0.643. The summed E-state index contributed by atoms with van der Waals surface area (Å²) in [6.07, 6.45) is 3.79. The first-order valence-electron chi connectivity index (χ1n) is 6.77. The minimum atomic E-state index is 0.217. The number of aromatic nitrogens is 1. The molecule has 1 rings (SSSR count). The van der Waals surface area contributed by atoms with Crippen LogP contribution in [-0.4, -0.2) is 30.3 Å². The summed E-state index contributed by atoms with van der Waals surface area (Å²) in [5.41, 5.74) is 6.99. The molecule has 0 radical (unpaired) electrons. The van der Waals surface area contributed by atoms with Gasteiger partial charge in [-0.05, 0) is 37.9 Å². The van der Waals surface area contributed by atoms with Crippen LogP contribution in [0.15, 0.2) is 18.3 Å². The van der Waals surface area contributed by atoms with Crippen molar-refractivity contribution in [3.05, 3.63) is 23.9 Å². The van der Waals surface area contributed by atoms with E-state index in [2.05, 4.69) is 24.1 Å². The molecule has 2 atom stereocenters. The van der Waals surface area contributed by atoms with Gasteiger partial charge in [0, 0.05) is 18.8 Å². The molecule has 0 aliphatic heterocycles. The van der Waals surface area contributed by atoms with Gasteiger partial charge < -0.3 is 15.8 Å². The van der Waals surface area contributed by atoms with Crippen molar-refractivity contribution in [1.29, 1.82) is 0 Å². The van der Waals surface area contributed by atoms with Gasteiger partial charge in [0.2, 0.25) is 0 Å². The Morgan fingerprint density at radius 2 is 2.17 bits per heavy atom. The van der Waals surface area contributed by atoms with Crippen LogP contribution in [0.4, 0.5) is 5.82 Å². The highest BCUT2D eigenvalue weighted by atomic mass is 16.5. The van der Waals surface area contributed by atoms with Crippen LogP contribution in [0.5, 0.6) is 0 Å². The zero-order valence-corrected chi connectivity index (χ0v) is 11.6. The number of pyridine rings is 1. The van der Waals surface area contributed by atoms with E-state index in [9.17, 15) is 0 Å². The average Bonchev–Trinajstić information content (AvgIpc) is 2.38. The molecule has 0 aliphatic rings. The van der Waals surface area contributed by atoms with E-state index in [1.807, 2.05) is 19.1 Å². The zero-order chi connectivity index (χ0) is 13.4. The highest BCUT2D eigenvalue weighted by Crippen LogP contribution is 2.15. The molecule has 0 aromatic carbocycles. The van der Waals surface area contributed by atoms with Gasteiger partial charge in [0.25, 0.3) is 0 Å². The van der Waals surface area contributed by atoms with E-state index in [-0.39, 0.29) is 12.1 Å². The van der Waals surface area contributed by atoms with E-state index in [0.29, 0.717) is 5.82 Å². The summed E-state index contributed by atoms with van der Waals surface area (Å²) in [6, 6.07) is 4.24. The topological polar surface area (TPSA) is 60.2 Å². The summed E-state index contributed by atoms with van der Waals surface area (Å²) in [7, 11) is 0. The number of rotatable bonds is 8. The van der Waals surface area contributed by atoms with Crippen molar-refractivity contribution in [1.82, 2.24) is 10.3 Å². The molecule has 0 bridgehead atoms. The lowest BCUT2D eigenvalue weighted by atomic mass is 10.00. The van der Waals surface area contributed by atoms with Crippen molar-refractivity contribution in [3.63, 3.8) is 0 Å². The number of hydrogen-bond donors (Lipinski definition) is 2. The second-order valence-corrected chi connectivity index (χ2v) is 4.32. The van der Waals surface area contributed by atoms with E-state index >= 15 is 0 Å². The molecule has 1 aromatic rings. The van der Waals surface area contributed by atoms with Gasteiger partial charge in [-0.25, -0.2) is 4.98 Å². The van der Waals surface area contributed by atoms with Crippen molar-refractivity contribution in [3.8, 4) is 0 Å². The van der Waals surface area contributed by atoms with Crippen molar-refractivity contribution < 1.29 is 4.74 Å². The van der Waals surface area contributed by atoms with Gasteiger partial charge >= 0.3 is 0 Å². The Bertz CT molecular complexity index is 344. The first-order chi connectivity index (χ1) is 8.72. The van der Waals surface area contributed by atoms with Gasteiger partial charge in [-0.15, -0.1) is 0 Å². The molecule has 18 heavy (non-hydrogen) atoms. The maximum absolute atomic E-state index is 5.90. The van der Waals surface area contributed by atoms with Crippen LogP contribution in [0.1, 0.15) is 32.8 Å².